The number of hydrogen-bond donors (Lipinski definition) is 5. The topological polar surface area (TPSA) is 149 Å². The SMILES string of the molecule is CC(C)N1c2cc(NC(=O)CCN(C)O)c(C3=C(O)/C(=c4/cc5c(cc4NC(=O)CCN(C)O)=[N+](C(C)C)C(C)C5(C)C)C3=O)cc2C(C)(C)C1C. The molecule has 2 heterocycles. The van der Waals surface area contributed by atoms with E-state index in [1.54, 1.807) is 0 Å². The number of rotatable bonds is 11. The second kappa shape index (κ2) is 14.0. The van der Waals surface area contributed by atoms with E-state index in [0.29, 0.717) is 22.2 Å². The number of nitrogens with zero attached hydrogens (tertiary/aromatic N) is 4. The lowest BCUT2D eigenvalue weighted by atomic mass is 9.76. The van der Waals surface area contributed by atoms with Gasteiger partial charge in [0, 0.05) is 85.6 Å². The average Bonchev–Trinajstić information content (AvgIpc) is 3.35. The second-order valence-electron chi connectivity index (χ2n) is 16.4. The lowest BCUT2D eigenvalue weighted by Gasteiger charge is -2.34. The monoisotopic (exact) mass is 717 g/mol. The largest absolute Gasteiger partial charge is 0.506 e. The van der Waals surface area contributed by atoms with Gasteiger partial charge in [0.1, 0.15) is 11.8 Å². The first-order valence-corrected chi connectivity index (χ1v) is 18.3. The average molecular weight is 718 g/mol. The number of amides is 2. The zero-order valence-electron chi connectivity index (χ0n) is 32.8. The zero-order valence-corrected chi connectivity index (χ0v) is 32.8. The van der Waals surface area contributed by atoms with Crippen LogP contribution < -0.4 is 30.7 Å². The van der Waals surface area contributed by atoms with Crippen molar-refractivity contribution in [3.8, 4) is 0 Å². The quantitative estimate of drug-likeness (QED) is 0.171. The smallest absolute Gasteiger partial charge is 0.225 e. The number of aliphatic hydroxyl groups excluding tert-OH is 1. The Bertz CT molecular complexity index is 1980. The number of hydrogen-bond acceptors (Lipinski definition) is 9. The molecule has 5 rings (SSSR count). The number of Topliss-reactive ketones (excluding diaryl/α,β-unsaturated/α-hetero) is 1. The van der Waals surface area contributed by atoms with Gasteiger partial charge in [0.25, 0.3) is 0 Å². The van der Waals surface area contributed by atoms with Crippen LogP contribution in [0, 0.1) is 0 Å². The standard InChI is InChI=1S/C40H56N6O6/c1-21(2)45-23(5)39(7,8)27-17-25(29(19-31(27)45)41-33(47)13-15-43(11)51)35-37(49)36(38(35)50)26-18-28-32(46(22(3)4)24(6)40(28,9)10)20-30(26)42-34(48)14-16-44(12)52/h17-24,51-52H,13-16H2,1-12H3,(H2,41,42,47,48,49,50)/p+1. The van der Waals surface area contributed by atoms with E-state index in [9.17, 15) is 29.9 Å². The van der Waals surface area contributed by atoms with Crippen molar-refractivity contribution in [1.29, 1.82) is 0 Å². The Labute approximate surface area is 307 Å². The summed E-state index contributed by atoms with van der Waals surface area (Å²) in [4.78, 5) is 43.1. The van der Waals surface area contributed by atoms with Crippen molar-refractivity contribution in [3.63, 3.8) is 0 Å². The lowest BCUT2D eigenvalue weighted by molar-refractivity contribution is -0.120. The molecule has 0 saturated heterocycles. The minimum atomic E-state index is -0.400. The van der Waals surface area contributed by atoms with Crippen LogP contribution in [0.3, 0.4) is 0 Å². The van der Waals surface area contributed by atoms with Crippen LogP contribution in [0.2, 0.25) is 0 Å². The Hall–Kier alpha value is -4.10. The summed E-state index contributed by atoms with van der Waals surface area (Å²) >= 11 is 0. The third-order valence-electron chi connectivity index (χ3n) is 11.6. The molecule has 2 aliphatic heterocycles. The summed E-state index contributed by atoms with van der Waals surface area (Å²) in [6, 6.07) is 8.19. The third-order valence-corrected chi connectivity index (χ3v) is 11.6. The molecule has 2 amide bonds. The Morgan fingerprint density at radius 1 is 0.846 bits per heavy atom. The number of ketones is 1. The van der Waals surface area contributed by atoms with Crippen LogP contribution in [0.4, 0.5) is 17.1 Å². The highest BCUT2D eigenvalue weighted by molar-refractivity contribution is 6.52. The maximum atomic E-state index is 14.5. The summed E-state index contributed by atoms with van der Waals surface area (Å²) in [6.45, 7) is 21.7. The van der Waals surface area contributed by atoms with Gasteiger partial charge < -0.3 is 31.1 Å². The maximum Gasteiger partial charge on any atom is 0.225 e. The number of carbonyl (C=O) groups is 3. The van der Waals surface area contributed by atoms with Gasteiger partial charge >= 0.3 is 0 Å². The highest BCUT2D eigenvalue weighted by atomic mass is 16.5. The van der Waals surface area contributed by atoms with E-state index in [2.05, 4.69) is 89.3 Å². The summed E-state index contributed by atoms with van der Waals surface area (Å²) in [5.41, 5.74) is 3.73. The van der Waals surface area contributed by atoms with Crippen LogP contribution in [0.15, 0.2) is 30.0 Å². The zero-order chi connectivity index (χ0) is 38.8. The molecule has 12 nitrogen and oxygen atoms in total. The highest BCUT2D eigenvalue weighted by Crippen LogP contribution is 2.51. The van der Waals surface area contributed by atoms with Gasteiger partial charge in [0.15, 0.2) is 6.04 Å². The summed E-state index contributed by atoms with van der Waals surface area (Å²) in [7, 11) is 2.93. The Morgan fingerprint density at radius 3 is 1.90 bits per heavy atom. The second-order valence-corrected chi connectivity index (χ2v) is 16.4. The summed E-state index contributed by atoms with van der Waals surface area (Å²) < 4.78 is 2.31. The van der Waals surface area contributed by atoms with Crippen LogP contribution in [0.5, 0.6) is 0 Å². The number of allylic oxidation sites excluding steroid dienone is 2. The van der Waals surface area contributed by atoms with Gasteiger partial charge in [0.2, 0.25) is 23.0 Å². The van der Waals surface area contributed by atoms with Gasteiger partial charge in [-0.15, -0.1) is 0 Å². The molecule has 5 N–H and O–H groups in total. The van der Waals surface area contributed by atoms with E-state index in [1.807, 2.05) is 24.3 Å². The van der Waals surface area contributed by atoms with Crippen molar-refractivity contribution in [2.45, 2.75) is 117 Å². The van der Waals surface area contributed by atoms with Gasteiger partial charge in [-0.25, -0.2) is 4.58 Å². The van der Waals surface area contributed by atoms with E-state index in [1.165, 1.54) is 14.1 Å². The number of anilines is 3. The van der Waals surface area contributed by atoms with E-state index in [-0.39, 0.29) is 89.6 Å². The minimum Gasteiger partial charge on any atom is -0.506 e. The molecule has 0 aromatic heterocycles. The number of fused-ring (bicyclic) bond motifs is 2. The third kappa shape index (κ3) is 6.66. The Morgan fingerprint density at radius 2 is 1.40 bits per heavy atom. The molecule has 282 valence electrons. The van der Waals surface area contributed by atoms with Crippen molar-refractivity contribution >= 4 is 45.8 Å². The van der Waals surface area contributed by atoms with Crippen molar-refractivity contribution in [3.05, 3.63) is 57.3 Å². The van der Waals surface area contributed by atoms with E-state index < -0.39 is 5.78 Å². The van der Waals surface area contributed by atoms with Crippen molar-refractivity contribution in [2.75, 3.05) is 42.7 Å². The predicted octanol–water partition coefficient (Wildman–Crippen LogP) is 4.16. The molecule has 0 radical (unpaired) electrons. The van der Waals surface area contributed by atoms with Gasteiger partial charge in [-0.2, -0.15) is 10.1 Å². The Balaban J connectivity index is 1.76. The van der Waals surface area contributed by atoms with Gasteiger partial charge in [-0.05, 0) is 79.2 Å². The molecule has 0 spiro atoms. The molecule has 2 atom stereocenters. The minimum absolute atomic E-state index is 0.0154. The number of aliphatic hydroxyl groups is 1. The predicted molar refractivity (Wildman–Crippen MR) is 204 cm³/mol. The molecule has 0 fully saturated rings. The molecule has 52 heavy (non-hydrogen) atoms. The molecule has 12 heteroatoms. The molecule has 2 unspecified atom stereocenters. The fourth-order valence-electron chi connectivity index (χ4n) is 8.12. The van der Waals surface area contributed by atoms with E-state index in [0.717, 1.165) is 32.3 Å². The number of hydroxylamine groups is 4. The first kappa shape index (κ1) is 39.1. The summed E-state index contributed by atoms with van der Waals surface area (Å²) in [5.74, 6) is -1.30. The number of benzene rings is 2. The molecule has 0 bridgehead atoms. The molecular weight excluding hydrogens is 660 g/mol. The molecule has 2 aromatic rings. The number of nitrogens with one attached hydrogen (secondary N) is 2. The maximum absolute atomic E-state index is 14.5. The molecule has 2 aromatic carbocycles. The number of carbonyl (C=O) groups excluding carboxylic acids is 3. The van der Waals surface area contributed by atoms with Crippen LogP contribution in [-0.4, -0.2) is 94.6 Å². The normalized spacial score (nSPS) is 21.4. The fourth-order valence-corrected chi connectivity index (χ4v) is 8.12. The Kier molecular flexibility index (Phi) is 10.6. The van der Waals surface area contributed by atoms with Gasteiger partial charge in [-0.1, -0.05) is 13.8 Å². The van der Waals surface area contributed by atoms with Crippen molar-refractivity contribution in [1.82, 2.24) is 14.7 Å². The summed E-state index contributed by atoms with van der Waals surface area (Å²) in [5, 5.41) is 40.5. The summed E-state index contributed by atoms with van der Waals surface area (Å²) in [6.07, 6.45) is 0.0308. The molecular formula is C40H57N6O6+. The molecule has 3 aliphatic rings. The van der Waals surface area contributed by atoms with E-state index in [4.69, 9.17) is 0 Å². The molecule has 1 aliphatic carbocycles. The van der Waals surface area contributed by atoms with Crippen LogP contribution >= 0.6 is 0 Å². The van der Waals surface area contributed by atoms with Gasteiger partial charge in [-0.3, -0.25) is 14.4 Å². The van der Waals surface area contributed by atoms with Crippen LogP contribution in [0.1, 0.15) is 98.8 Å². The van der Waals surface area contributed by atoms with Crippen LogP contribution in [0.25, 0.3) is 11.1 Å². The van der Waals surface area contributed by atoms with Crippen molar-refractivity contribution < 1.29 is 29.9 Å². The van der Waals surface area contributed by atoms with Crippen LogP contribution in [-0.2, 0) is 25.2 Å². The first-order chi connectivity index (χ1) is 24.1. The van der Waals surface area contributed by atoms with E-state index >= 15 is 0 Å². The fraction of sp³-hybridized carbons (Fsp3) is 0.550. The molecule has 0 saturated carbocycles. The first-order valence-electron chi connectivity index (χ1n) is 18.3. The van der Waals surface area contributed by atoms with Crippen molar-refractivity contribution in [2.24, 2.45) is 0 Å². The van der Waals surface area contributed by atoms with Gasteiger partial charge in [0.05, 0.1) is 27.9 Å². The lowest BCUT2D eigenvalue weighted by Crippen LogP contribution is -2.42. The highest BCUT2D eigenvalue weighted by Gasteiger charge is 2.48.